The van der Waals surface area contributed by atoms with Gasteiger partial charge in [-0.05, 0) is 80.3 Å². The largest absolute Gasteiger partial charge is 0.352 e. The average Bonchev–Trinajstić information content (AvgIpc) is 3.44. The summed E-state index contributed by atoms with van der Waals surface area (Å²) in [6.07, 6.45) is 3.84. The molecule has 0 bridgehead atoms. The molecule has 2 amide bonds. The number of hydrogen-bond donors (Lipinski definition) is 1. The summed E-state index contributed by atoms with van der Waals surface area (Å²) in [7, 11) is -4.17. The quantitative estimate of drug-likeness (QED) is 0.271. The first-order chi connectivity index (χ1) is 19.5. The van der Waals surface area contributed by atoms with E-state index in [-0.39, 0.29) is 23.4 Å². The van der Waals surface area contributed by atoms with Crippen molar-refractivity contribution in [3.8, 4) is 0 Å². The van der Waals surface area contributed by atoms with Gasteiger partial charge >= 0.3 is 0 Å². The fourth-order valence-corrected chi connectivity index (χ4v) is 7.13. The first-order valence-electron chi connectivity index (χ1n) is 13.3. The number of nitrogens with one attached hydrogen (secondary N) is 1. The van der Waals surface area contributed by atoms with Crippen LogP contribution < -0.4 is 9.62 Å². The van der Waals surface area contributed by atoms with Gasteiger partial charge in [0.25, 0.3) is 10.0 Å². The van der Waals surface area contributed by atoms with Crippen LogP contribution in [0.25, 0.3) is 0 Å². The number of hydrogen-bond acceptors (Lipinski definition) is 4. The van der Waals surface area contributed by atoms with Crippen molar-refractivity contribution in [1.82, 2.24) is 10.2 Å². The highest BCUT2D eigenvalue weighted by Gasteiger charge is 2.34. The summed E-state index contributed by atoms with van der Waals surface area (Å²) in [6.45, 7) is 2.79. The third kappa shape index (κ3) is 7.55. The first kappa shape index (κ1) is 31.2. The number of amides is 2. The lowest BCUT2D eigenvalue weighted by molar-refractivity contribution is -0.139. The molecule has 1 saturated carbocycles. The summed E-state index contributed by atoms with van der Waals surface area (Å²) < 4.78 is 28.9. The van der Waals surface area contributed by atoms with E-state index >= 15 is 0 Å². The molecule has 3 aromatic carbocycles. The summed E-state index contributed by atoms with van der Waals surface area (Å²) in [5, 5.41) is 4.25. The summed E-state index contributed by atoms with van der Waals surface area (Å²) in [4.78, 5) is 28.8. The van der Waals surface area contributed by atoms with E-state index in [2.05, 4.69) is 5.32 Å². The zero-order valence-electron chi connectivity index (χ0n) is 22.8. The van der Waals surface area contributed by atoms with E-state index in [4.69, 9.17) is 34.8 Å². The lowest BCUT2D eigenvalue weighted by Gasteiger charge is -2.33. The van der Waals surface area contributed by atoms with Crippen LogP contribution in [0.3, 0.4) is 0 Å². The predicted octanol–water partition coefficient (Wildman–Crippen LogP) is 6.63. The van der Waals surface area contributed by atoms with E-state index in [9.17, 15) is 18.0 Å². The Balaban J connectivity index is 1.72. The highest BCUT2D eigenvalue weighted by atomic mass is 35.5. The lowest BCUT2D eigenvalue weighted by atomic mass is 10.1. The maximum atomic E-state index is 14.1. The molecule has 0 aliphatic heterocycles. The van der Waals surface area contributed by atoms with Crippen LogP contribution in [0.1, 0.15) is 43.7 Å². The fraction of sp³-hybridized carbons (Fsp3) is 0.333. The van der Waals surface area contributed by atoms with E-state index in [0.717, 1.165) is 30.0 Å². The normalized spacial score (nSPS) is 14.5. The molecular formula is C30H32Cl3N3O4S. The number of anilines is 1. The third-order valence-corrected chi connectivity index (χ3v) is 9.86. The number of aryl methyl sites for hydroxylation is 1. The molecule has 0 saturated heterocycles. The van der Waals surface area contributed by atoms with Crippen molar-refractivity contribution in [3.63, 3.8) is 0 Å². The molecule has 7 nitrogen and oxygen atoms in total. The lowest BCUT2D eigenvalue weighted by Crippen LogP contribution is -2.52. The molecule has 11 heteroatoms. The minimum Gasteiger partial charge on any atom is -0.352 e. The monoisotopic (exact) mass is 635 g/mol. The molecule has 218 valence electrons. The van der Waals surface area contributed by atoms with Crippen molar-refractivity contribution >= 4 is 62.3 Å². The van der Waals surface area contributed by atoms with Gasteiger partial charge in [0.05, 0.1) is 10.6 Å². The maximum Gasteiger partial charge on any atom is 0.264 e. The standard InChI is InChI=1S/C30H32Cl3N3O4S/c1-20-16-23(31)14-15-28(20)36(41(39,40)26-10-4-3-5-11-26)19-29(37)35(18-22-12-13-24(32)17-27(22)33)21(2)30(38)34-25-8-6-7-9-25/h3-5,10-17,21,25H,6-9,18-19H2,1-2H3,(H,34,38). The Morgan fingerprint density at radius 2 is 1.59 bits per heavy atom. The number of sulfonamides is 1. The summed E-state index contributed by atoms with van der Waals surface area (Å²) >= 11 is 18.7. The van der Waals surface area contributed by atoms with Crippen LogP contribution in [0.15, 0.2) is 71.6 Å². The Bertz CT molecular complexity index is 1510. The molecular weight excluding hydrogens is 605 g/mol. The maximum absolute atomic E-state index is 14.1. The van der Waals surface area contributed by atoms with E-state index in [1.807, 2.05) is 0 Å². The van der Waals surface area contributed by atoms with E-state index < -0.39 is 28.5 Å². The highest BCUT2D eigenvalue weighted by Crippen LogP contribution is 2.30. The van der Waals surface area contributed by atoms with Gasteiger partial charge in [-0.2, -0.15) is 0 Å². The van der Waals surface area contributed by atoms with E-state index in [0.29, 0.717) is 31.9 Å². The Kier molecular flexibility index (Phi) is 10.2. The molecule has 1 unspecified atom stereocenters. The first-order valence-corrected chi connectivity index (χ1v) is 15.9. The Morgan fingerprint density at radius 3 is 2.22 bits per heavy atom. The van der Waals surface area contributed by atoms with Crippen molar-refractivity contribution in [2.45, 2.75) is 63.1 Å². The topological polar surface area (TPSA) is 86.8 Å². The predicted molar refractivity (Wildman–Crippen MR) is 164 cm³/mol. The number of benzene rings is 3. The molecule has 1 aliphatic carbocycles. The molecule has 4 rings (SSSR count). The molecule has 41 heavy (non-hydrogen) atoms. The molecule has 0 aromatic heterocycles. The van der Waals surface area contributed by atoms with Crippen molar-refractivity contribution in [2.75, 3.05) is 10.8 Å². The molecule has 1 aliphatic rings. The summed E-state index contributed by atoms with van der Waals surface area (Å²) in [5.74, 6) is -0.880. The number of halogens is 3. The SMILES string of the molecule is Cc1cc(Cl)ccc1N(CC(=O)N(Cc1ccc(Cl)cc1Cl)C(C)C(=O)NC1CCCC1)S(=O)(=O)c1ccccc1. The summed E-state index contributed by atoms with van der Waals surface area (Å²) in [6, 6.07) is 16.7. The molecule has 1 N–H and O–H groups in total. The minimum absolute atomic E-state index is 0.0209. The molecule has 1 atom stereocenters. The number of nitrogens with zero attached hydrogens (tertiary/aromatic N) is 2. The molecule has 0 spiro atoms. The van der Waals surface area contributed by atoms with Gasteiger partial charge in [-0.15, -0.1) is 0 Å². The Labute approximate surface area is 256 Å². The van der Waals surface area contributed by atoms with E-state index in [1.165, 1.54) is 17.0 Å². The van der Waals surface area contributed by atoms with Crippen LogP contribution in [-0.4, -0.2) is 43.8 Å². The van der Waals surface area contributed by atoms with Gasteiger partial charge in [0, 0.05) is 27.7 Å². The van der Waals surface area contributed by atoms with E-state index in [1.54, 1.807) is 68.4 Å². The van der Waals surface area contributed by atoms with Crippen molar-refractivity contribution in [2.24, 2.45) is 0 Å². The van der Waals surface area contributed by atoms with Crippen LogP contribution in [0.2, 0.25) is 15.1 Å². The fourth-order valence-electron chi connectivity index (χ4n) is 4.94. The van der Waals surface area contributed by atoms with Gasteiger partial charge < -0.3 is 10.2 Å². The molecule has 0 heterocycles. The number of carbonyl (C=O) groups excluding carboxylic acids is 2. The highest BCUT2D eigenvalue weighted by molar-refractivity contribution is 7.92. The van der Waals surface area contributed by atoms with Gasteiger partial charge in [-0.1, -0.05) is 71.9 Å². The van der Waals surface area contributed by atoms with Crippen LogP contribution >= 0.6 is 34.8 Å². The minimum atomic E-state index is -4.17. The third-order valence-electron chi connectivity index (χ3n) is 7.26. The molecule has 0 radical (unpaired) electrons. The zero-order valence-corrected chi connectivity index (χ0v) is 25.9. The van der Waals surface area contributed by atoms with Gasteiger partial charge in [-0.25, -0.2) is 8.42 Å². The number of carbonyl (C=O) groups is 2. The summed E-state index contributed by atoms with van der Waals surface area (Å²) in [5.41, 5.74) is 1.45. The van der Waals surface area contributed by atoms with Crippen LogP contribution in [-0.2, 0) is 26.2 Å². The average molecular weight is 637 g/mol. The zero-order chi connectivity index (χ0) is 29.7. The van der Waals surface area contributed by atoms with Crippen molar-refractivity contribution in [3.05, 3.63) is 92.9 Å². The molecule has 1 fully saturated rings. The van der Waals surface area contributed by atoms with Gasteiger partial charge in [0.15, 0.2) is 0 Å². The van der Waals surface area contributed by atoms with Crippen LogP contribution in [0.4, 0.5) is 5.69 Å². The smallest absolute Gasteiger partial charge is 0.264 e. The van der Waals surface area contributed by atoms with Gasteiger partial charge in [-0.3, -0.25) is 13.9 Å². The van der Waals surface area contributed by atoms with Crippen molar-refractivity contribution < 1.29 is 18.0 Å². The second-order valence-electron chi connectivity index (χ2n) is 10.2. The second-order valence-corrected chi connectivity index (χ2v) is 13.3. The van der Waals surface area contributed by atoms with Gasteiger partial charge in [0.2, 0.25) is 11.8 Å². The Hall–Kier alpha value is -2.78. The number of rotatable bonds is 10. The second kappa shape index (κ2) is 13.5. The Morgan fingerprint density at radius 1 is 0.951 bits per heavy atom. The molecule has 3 aromatic rings. The van der Waals surface area contributed by atoms with Gasteiger partial charge in [0.1, 0.15) is 12.6 Å². The van der Waals surface area contributed by atoms with Crippen LogP contribution in [0, 0.1) is 6.92 Å². The van der Waals surface area contributed by atoms with Crippen LogP contribution in [0.5, 0.6) is 0 Å². The van der Waals surface area contributed by atoms with Crippen molar-refractivity contribution in [1.29, 1.82) is 0 Å².